The minimum atomic E-state index is -0.110. The number of aryl methyl sites for hydroxylation is 1. The van der Waals surface area contributed by atoms with Gasteiger partial charge in [-0.25, -0.2) is 0 Å². The van der Waals surface area contributed by atoms with Gasteiger partial charge >= 0.3 is 0 Å². The molecule has 0 radical (unpaired) electrons. The van der Waals surface area contributed by atoms with Gasteiger partial charge in [-0.3, -0.25) is 4.79 Å². The van der Waals surface area contributed by atoms with Crippen LogP contribution in [0.25, 0.3) is 0 Å². The summed E-state index contributed by atoms with van der Waals surface area (Å²) in [6, 6.07) is 1.77. The quantitative estimate of drug-likeness (QED) is 0.799. The number of hydrogen-bond donors (Lipinski definition) is 1. The number of nitrogens with one attached hydrogen (secondary N) is 1. The third-order valence-electron chi connectivity index (χ3n) is 1.72. The van der Waals surface area contributed by atoms with Gasteiger partial charge in [-0.2, -0.15) is 0 Å². The van der Waals surface area contributed by atoms with E-state index in [1.165, 1.54) is 0 Å². The smallest absolute Gasteiger partial charge is 0.268 e. The summed E-state index contributed by atoms with van der Waals surface area (Å²) in [6.07, 6.45) is 1.83. The van der Waals surface area contributed by atoms with E-state index in [0.29, 0.717) is 12.2 Å². The molecule has 0 aromatic carbocycles. The topological polar surface area (TPSA) is 34.0 Å². The largest absolute Gasteiger partial charge is 0.345 e. The molecule has 1 heterocycles. The Bertz CT molecular complexity index is 398. The van der Waals surface area contributed by atoms with Crippen LogP contribution in [0, 0.1) is 11.8 Å². The van der Waals surface area contributed by atoms with Crippen molar-refractivity contribution in [2.24, 2.45) is 7.05 Å². The van der Waals surface area contributed by atoms with Gasteiger partial charge < -0.3 is 9.88 Å². The van der Waals surface area contributed by atoms with E-state index in [1.807, 2.05) is 13.2 Å². The Kier molecular flexibility index (Phi) is 3.78. The summed E-state index contributed by atoms with van der Waals surface area (Å²) in [5.74, 6) is 5.38. The molecule has 0 aliphatic rings. The van der Waals surface area contributed by atoms with Crippen molar-refractivity contribution in [1.82, 2.24) is 9.88 Å². The van der Waals surface area contributed by atoms with Gasteiger partial charge in [0.15, 0.2) is 0 Å². The van der Waals surface area contributed by atoms with Crippen molar-refractivity contribution in [3.05, 3.63) is 22.4 Å². The van der Waals surface area contributed by atoms with Crippen LogP contribution in [0.15, 0.2) is 16.7 Å². The van der Waals surface area contributed by atoms with Crippen LogP contribution in [0.2, 0.25) is 0 Å². The number of halogens is 1. The van der Waals surface area contributed by atoms with E-state index in [9.17, 15) is 4.79 Å². The van der Waals surface area contributed by atoms with Gasteiger partial charge in [-0.15, -0.1) is 5.92 Å². The normalized spacial score (nSPS) is 9.07. The molecule has 0 spiro atoms. The molecule has 74 valence electrons. The zero-order valence-electron chi connectivity index (χ0n) is 8.10. The zero-order chi connectivity index (χ0) is 10.6. The maximum Gasteiger partial charge on any atom is 0.268 e. The number of aromatic nitrogens is 1. The van der Waals surface area contributed by atoms with Crippen molar-refractivity contribution in [3.63, 3.8) is 0 Å². The first kappa shape index (κ1) is 10.9. The van der Waals surface area contributed by atoms with E-state index < -0.39 is 0 Å². The number of carbonyl (C=O) groups is 1. The lowest BCUT2D eigenvalue weighted by Crippen LogP contribution is -2.25. The Labute approximate surface area is 91.6 Å². The van der Waals surface area contributed by atoms with Gasteiger partial charge in [0.1, 0.15) is 5.69 Å². The van der Waals surface area contributed by atoms with Gasteiger partial charge in [-0.1, -0.05) is 5.92 Å². The fourth-order valence-corrected chi connectivity index (χ4v) is 1.58. The Morgan fingerprint density at radius 1 is 1.71 bits per heavy atom. The van der Waals surface area contributed by atoms with Crippen LogP contribution in [-0.4, -0.2) is 17.0 Å². The second-order valence-corrected chi connectivity index (χ2v) is 3.68. The van der Waals surface area contributed by atoms with Gasteiger partial charge in [-0.05, 0) is 28.9 Å². The minimum Gasteiger partial charge on any atom is -0.345 e. The predicted octanol–water partition coefficient (Wildman–Crippen LogP) is 1.54. The van der Waals surface area contributed by atoms with E-state index in [2.05, 4.69) is 33.1 Å². The van der Waals surface area contributed by atoms with E-state index in [0.717, 1.165) is 4.47 Å². The highest BCUT2D eigenvalue weighted by Gasteiger charge is 2.09. The maximum atomic E-state index is 11.5. The first-order chi connectivity index (χ1) is 6.65. The van der Waals surface area contributed by atoms with E-state index in [4.69, 9.17) is 0 Å². The van der Waals surface area contributed by atoms with Crippen LogP contribution in [-0.2, 0) is 7.05 Å². The van der Waals surface area contributed by atoms with Crippen molar-refractivity contribution in [2.45, 2.75) is 6.92 Å². The van der Waals surface area contributed by atoms with Crippen molar-refractivity contribution in [3.8, 4) is 11.8 Å². The minimum absolute atomic E-state index is 0.110. The molecule has 0 fully saturated rings. The average molecular weight is 255 g/mol. The maximum absolute atomic E-state index is 11.5. The predicted molar refractivity (Wildman–Crippen MR) is 58.9 cm³/mol. The van der Waals surface area contributed by atoms with Gasteiger partial charge in [0, 0.05) is 17.7 Å². The molecule has 0 bridgehead atoms. The van der Waals surface area contributed by atoms with Crippen LogP contribution in [0.4, 0.5) is 0 Å². The van der Waals surface area contributed by atoms with Gasteiger partial charge in [0.25, 0.3) is 5.91 Å². The van der Waals surface area contributed by atoms with Crippen LogP contribution in [0.1, 0.15) is 17.4 Å². The Morgan fingerprint density at radius 3 is 2.93 bits per heavy atom. The van der Waals surface area contributed by atoms with Crippen molar-refractivity contribution in [1.29, 1.82) is 0 Å². The lowest BCUT2D eigenvalue weighted by atomic mass is 10.4. The van der Waals surface area contributed by atoms with Crippen LogP contribution in [0.5, 0.6) is 0 Å². The van der Waals surface area contributed by atoms with Gasteiger partial charge in [0.05, 0.1) is 6.54 Å². The fourth-order valence-electron chi connectivity index (χ4n) is 1.05. The zero-order valence-corrected chi connectivity index (χ0v) is 9.68. The van der Waals surface area contributed by atoms with E-state index in [1.54, 1.807) is 17.6 Å². The molecule has 0 aliphatic heterocycles. The molecule has 14 heavy (non-hydrogen) atoms. The third kappa shape index (κ3) is 2.64. The molecule has 1 rings (SSSR count). The SMILES string of the molecule is CC#CCNC(=O)c1cc(Br)cn1C. The third-order valence-corrected chi connectivity index (χ3v) is 2.15. The lowest BCUT2D eigenvalue weighted by molar-refractivity contribution is 0.0950. The van der Waals surface area contributed by atoms with Crippen LogP contribution >= 0.6 is 15.9 Å². The van der Waals surface area contributed by atoms with E-state index >= 15 is 0 Å². The second kappa shape index (κ2) is 4.87. The van der Waals surface area contributed by atoms with Crippen LogP contribution in [0.3, 0.4) is 0 Å². The lowest BCUT2D eigenvalue weighted by Gasteiger charge is -2.01. The molecule has 3 nitrogen and oxygen atoms in total. The molecule has 4 heteroatoms. The number of carbonyl (C=O) groups excluding carboxylic acids is 1. The Hall–Kier alpha value is -1.21. The summed E-state index contributed by atoms with van der Waals surface area (Å²) >= 11 is 3.30. The summed E-state index contributed by atoms with van der Waals surface area (Å²) < 4.78 is 2.66. The highest BCUT2D eigenvalue weighted by atomic mass is 79.9. The highest BCUT2D eigenvalue weighted by molar-refractivity contribution is 9.10. The molecule has 0 atom stereocenters. The summed E-state index contributed by atoms with van der Waals surface area (Å²) in [4.78, 5) is 11.5. The number of hydrogen-bond acceptors (Lipinski definition) is 1. The standard InChI is InChI=1S/C10H11BrN2O/c1-3-4-5-12-10(14)9-6-8(11)7-13(9)2/h6-7H,5H2,1-2H3,(H,12,14). The molecule has 1 amide bonds. The average Bonchev–Trinajstić information content (AvgIpc) is 2.45. The molecule has 0 saturated carbocycles. The molecule has 0 aliphatic carbocycles. The molecule has 1 aromatic heterocycles. The molecule has 1 N–H and O–H groups in total. The first-order valence-electron chi connectivity index (χ1n) is 4.15. The summed E-state index contributed by atoms with van der Waals surface area (Å²) in [6.45, 7) is 2.13. The summed E-state index contributed by atoms with van der Waals surface area (Å²) in [5.41, 5.74) is 0.620. The molecule has 1 aromatic rings. The first-order valence-corrected chi connectivity index (χ1v) is 4.94. The number of rotatable bonds is 2. The van der Waals surface area contributed by atoms with Crippen molar-refractivity contribution >= 4 is 21.8 Å². The van der Waals surface area contributed by atoms with Gasteiger partial charge in [0.2, 0.25) is 0 Å². The highest BCUT2D eigenvalue weighted by Crippen LogP contribution is 2.13. The number of amides is 1. The fraction of sp³-hybridized carbons (Fsp3) is 0.300. The monoisotopic (exact) mass is 254 g/mol. The van der Waals surface area contributed by atoms with Crippen molar-refractivity contribution < 1.29 is 4.79 Å². The Morgan fingerprint density at radius 2 is 2.43 bits per heavy atom. The van der Waals surface area contributed by atoms with Crippen LogP contribution < -0.4 is 5.32 Å². The molecular formula is C10H11BrN2O. The molecule has 0 saturated heterocycles. The molecular weight excluding hydrogens is 244 g/mol. The summed E-state index contributed by atoms with van der Waals surface area (Å²) in [5, 5.41) is 2.70. The summed E-state index contributed by atoms with van der Waals surface area (Å²) in [7, 11) is 1.82. The number of nitrogens with zero attached hydrogens (tertiary/aromatic N) is 1. The Balaban J connectivity index is 2.68. The van der Waals surface area contributed by atoms with E-state index in [-0.39, 0.29) is 5.91 Å². The van der Waals surface area contributed by atoms with Crippen molar-refractivity contribution in [2.75, 3.05) is 6.54 Å². The second-order valence-electron chi connectivity index (χ2n) is 2.76. The molecule has 0 unspecified atom stereocenters.